The first-order valence-corrected chi connectivity index (χ1v) is 10.9. The number of aromatic amines is 1. The van der Waals surface area contributed by atoms with Crippen molar-refractivity contribution in [2.45, 2.75) is 63.5 Å². The Morgan fingerprint density at radius 2 is 1.90 bits per heavy atom. The quantitative estimate of drug-likeness (QED) is 0.465. The van der Waals surface area contributed by atoms with E-state index in [1.807, 2.05) is 24.3 Å². The first-order chi connectivity index (χ1) is 15.0. The van der Waals surface area contributed by atoms with E-state index in [-0.39, 0.29) is 24.7 Å². The van der Waals surface area contributed by atoms with Crippen molar-refractivity contribution in [2.24, 2.45) is 11.7 Å². The Morgan fingerprint density at radius 1 is 1.16 bits per heavy atom. The van der Waals surface area contributed by atoms with Crippen LogP contribution in [0.2, 0.25) is 0 Å². The summed E-state index contributed by atoms with van der Waals surface area (Å²) in [6.07, 6.45) is 12.0. The molecule has 0 saturated heterocycles. The highest BCUT2D eigenvalue weighted by molar-refractivity contribution is 6.00. The van der Waals surface area contributed by atoms with Crippen LogP contribution in [0.3, 0.4) is 0 Å². The first kappa shape index (κ1) is 22.4. The van der Waals surface area contributed by atoms with E-state index >= 15 is 0 Å². The summed E-state index contributed by atoms with van der Waals surface area (Å²) < 4.78 is 0. The normalized spacial score (nSPS) is 16.2. The number of nitrogens with one attached hydrogen (secondary N) is 3. The molecule has 2 aromatic rings. The molecule has 0 aliphatic heterocycles. The number of para-hydroxylation sites is 1. The smallest absolute Gasteiger partial charge is 0.268 e. The molecule has 1 aromatic heterocycles. The average molecular weight is 423 g/mol. The lowest BCUT2D eigenvalue weighted by Gasteiger charge is -2.27. The van der Waals surface area contributed by atoms with Crippen LogP contribution in [-0.2, 0) is 9.59 Å². The summed E-state index contributed by atoms with van der Waals surface area (Å²) in [6, 6.07) is 8.08. The van der Waals surface area contributed by atoms with Crippen LogP contribution in [0.5, 0.6) is 0 Å². The van der Waals surface area contributed by atoms with Crippen LogP contribution < -0.4 is 16.4 Å². The van der Waals surface area contributed by atoms with Crippen molar-refractivity contribution in [1.29, 1.82) is 0 Å². The summed E-state index contributed by atoms with van der Waals surface area (Å²) in [7, 11) is 0. The van der Waals surface area contributed by atoms with Crippen LogP contribution in [-0.4, -0.2) is 34.8 Å². The van der Waals surface area contributed by atoms with Gasteiger partial charge >= 0.3 is 0 Å². The molecule has 1 fully saturated rings. The monoisotopic (exact) mass is 422 g/mol. The van der Waals surface area contributed by atoms with Crippen molar-refractivity contribution in [1.82, 2.24) is 15.6 Å². The van der Waals surface area contributed by atoms with Crippen molar-refractivity contribution in [3.05, 3.63) is 36.0 Å². The molecule has 164 valence electrons. The molecule has 2 atom stereocenters. The van der Waals surface area contributed by atoms with E-state index in [2.05, 4.69) is 21.5 Å². The number of carbonyl (C=O) groups excluding carboxylic acids is 3. The Labute approximate surface area is 182 Å². The molecule has 5 N–H and O–H groups in total. The lowest BCUT2D eigenvalue weighted by atomic mass is 9.84. The zero-order valence-corrected chi connectivity index (χ0v) is 17.7. The van der Waals surface area contributed by atoms with Gasteiger partial charge in [-0.3, -0.25) is 14.4 Å². The van der Waals surface area contributed by atoms with Crippen LogP contribution in [0.4, 0.5) is 0 Å². The summed E-state index contributed by atoms with van der Waals surface area (Å²) in [5.74, 6) is 1.73. The molecule has 0 radical (unpaired) electrons. The number of hydrogen-bond acceptors (Lipinski definition) is 3. The van der Waals surface area contributed by atoms with E-state index < -0.39 is 18.0 Å². The van der Waals surface area contributed by atoms with Gasteiger partial charge in [-0.25, -0.2) is 0 Å². The van der Waals surface area contributed by atoms with E-state index in [9.17, 15) is 14.4 Å². The summed E-state index contributed by atoms with van der Waals surface area (Å²) >= 11 is 0. The number of carbonyl (C=O) groups is 3. The lowest BCUT2D eigenvalue weighted by Crippen LogP contribution is -2.50. The van der Waals surface area contributed by atoms with E-state index in [0.717, 1.165) is 36.6 Å². The fourth-order valence-corrected chi connectivity index (χ4v) is 4.18. The van der Waals surface area contributed by atoms with Crippen molar-refractivity contribution in [3.63, 3.8) is 0 Å². The largest absolute Gasteiger partial charge is 0.370 e. The topological polar surface area (TPSA) is 117 Å². The molecule has 7 heteroatoms. The number of rotatable bonds is 9. The van der Waals surface area contributed by atoms with Crippen molar-refractivity contribution >= 4 is 28.6 Å². The van der Waals surface area contributed by atoms with Gasteiger partial charge in [0.25, 0.3) is 5.91 Å². The maximum absolute atomic E-state index is 13.0. The molecular formula is C24H30N4O3. The molecular weight excluding hydrogens is 392 g/mol. The van der Waals surface area contributed by atoms with Crippen LogP contribution >= 0.6 is 0 Å². The highest BCUT2D eigenvalue weighted by Gasteiger charge is 2.28. The second-order valence-corrected chi connectivity index (χ2v) is 8.27. The Morgan fingerprint density at radius 3 is 2.58 bits per heavy atom. The Balaban J connectivity index is 1.71. The van der Waals surface area contributed by atoms with Crippen LogP contribution in [0.1, 0.15) is 61.9 Å². The van der Waals surface area contributed by atoms with Gasteiger partial charge in [-0.2, -0.15) is 0 Å². The molecule has 3 rings (SSSR count). The Bertz CT molecular complexity index is 936. The fourth-order valence-electron chi connectivity index (χ4n) is 4.18. The molecule has 31 heavy (non-hydrogen) atoms. The maximum atomic E-state index is 13.0. The number of terminal acetylenes is 1. The van der Waals surface area contributed by atoms with E-state index in [1.165, 1.54) is 6.42 Å². The zero-order chi connectivity index (χ0) is 22.2. The second-order valence-electron chi connectivity index (χ2n) is 8.27. The minimum absolute atomic E-state index is 0.0872. The predicted octanol–water partition coefficient (Wildman–Crippen LogP) is 2.62. The molecule has 0 unspecified atom stereocenters. The molecule has 1 aromatic carbocycles. The number of amides is 3. The maximum Gasteiger partial charge on any atom is 0.268 e. The number of hydrogen-bond donors (Lipinski definition) is 4. The molecule has 1 aliphatic carbocycles. The second kappa shape index (κ2) is 10.7. The van der Waals surface area contributed by atoms with Crippen LogP contribution in [0.15, 0.2) is 30.3 Å². The third kappa shape index (κ3) is 6.35. The van der Waals surface area contributed by atoms with Gasteiger partial charge in [-0.1, -0.05) is 56.2 Å². The number of aromatic nitrogens is 1. The van der Waals surface area contributed by atoms with Gasteiger partial charge in [0.1, 0.15) is 11.7 Å². The van der Waals surface area contributed by atoms with Gasteiger partial charge in [0.2, 0.25) is 11.8 Å². The van der Waals surface area contributed by atoms with Gasteiger partial charge in [0.05, 0.1) is 6.04 Å². The van der Waals surface area contributed by atoms with Gasteiger partial charge in [0.15, 0.2) is 0 Å². The van der Waals surface area contributed by atoms with Crippen LogP contribution in [0, 0.1) is 18.3 Å². The van der Waals surface area contributed by atoms with Gasteiger partial charge in [-0.15, -0.1) is 6.42 Å². The van der Waals surface area contributed by atoms with E-state index in [4.69, 9.17) is 12.2 Å². The zero-order valence-electron chi connectivity index (χ0n) is 17.7. The third-order valence-corrected chi connectivity index (χ3v) is 5.89. The van der Waals surface area contributed by atoms with Crippen molar-refractivity contribution in [2.75, 3.05) is 0 Å². The van der Waals surface area contributed by atoms with Gasteiger partial charge in [0, 0.05) is 17.3 Å². The third-order valence-electron chi connectivity index (χ3n) is 5.89. The van der Waals surface area contributed by atoms with E-state index in [1.54, 1.807) is 6.07 Å². The minimum Gasteiger partial charge on any atom is -0.370 e. The van der Waals surface area contributed by atoms with Gasteiger partial charge < -0.3 is 21.4 Å². The number of fused-ring (bicyclic) bond motifs is 1. The molecule has 1 aliphatic rings. The molecule has 0 bridgehead atoms. The highest BCUT2D eigenvalue weighted by Crippen LogP contribution is 2.27. The number of nitrogens with two attached hydrogens (primary N) is 1. The molecule has 0 spiro atoms. The molecule has 1 saturated carbocycles. The lowest BCUT2D eigenvalue weighted by molar-refractivity contribution is -0.124. The number of benzene rings is 1. The molecule has 3 amide bonds. The highest BCUT2D eigenvalue weighted by atomic mass is 16.2. The summed E-state index contributed by atoms with van der Waals surface area (Å²) in [6.45, 7) is 0. The molecule has 7 nitrogen and oxygen atoms in total. The Kier molecular flexibility index (Phi) is 7.71. The van der Waals surface area contributed by atoms with E-state index in [0.29, 0.717) is 18.0 Å². The fraction of sp³-hybridized carbons (Fsp3) is 0.458. The van der Waals surface area contributed by atoms with Gasteiger partial charge in [-0.05, 0) is 30.9 Å². The van der Waals surface area contributed by atoms with Crippen molar-refractivity contribution in [3.8, 4) is 12.3 Å². The standard InChI is InChI=1S/C24H30N4O3/c1-2-18(12-13-22(25)29)26-23(30)20(14-16-8-4-3-5-9-16)28-24(31)21-15-17-10-6-7-11-19(17)27-21/h1,6-7,10-11,15-16,18,20,27H,3-5,8-9,12-14H2,(H2,25,29)(H,26,30)(H,28,31)/t18-,20+/m1/s1. The summed E-state index contributed by atoms with van der Waals surface area (Å²) in [4.78, 5) is 40.1. The Hall–Kier alpha value is -3.27. The summed E-state index contributed by atoms with van der Waals surface area (Å²) in [5, 5.41) is 6.61. The minimum atomic E-state index is -0.702. The number of primary amides is 1. The SMILES string of the molecule is C#C[C@H](CCC(N)=O)NC(=O)[C@H](CC1CCCCC1)NC(=O)c1cc2ccccc2[nH]1. The van der Waals surface area contributed by atoms with Crippen LogP contribution in [0.25, 0.3) is 10.9 Å². The molecule has 1 heterocycles. The predicted molar refractivity (Wildman–Crippen MR) is 120 cm³/mol. The average Bonchev–Trinajstić information content (AvgIpc) is 3.21. The van der Waals surface area contributed by atoms with Crippen molar-refractivity contribution < 1.29 is 14.4 Å². The summed E-state index contributed by atoms with van der Waals surface area (Å²) in [5.41, 5.74) is 6.46. The first-order valence-electron chi connectivity index (χ1n) is 10.9. The number of H-pyrrole nitrogens is 1.